The van der Waals surface area contributed by atoms with Crippen molar-refractivity contribution >= 4 is 11.6 Å². The van der Waals surface area contributed by atoms with Crippen LogP contribution in [0.3, 0.4) is 0 Å². The Bertz CT molecular complexity index is 13.5. The van der Waals surface area contributed by atoms with Gasteiger partial charge in [-0.3, -0.25) is 0 Å². The molecule has 0 saturated heterocycles. The van der Waals surface area contributed by atoms with Crippen LogP contribution in [0.1, 0.15) is 0 Å². The van der Waals surface area contributed by atoms with Gasteiger partial charge in [0.2, 0.25) is 0 Å². The van der Waals surface area contributed by atoms with E-state index < -0.39 is 0 Å². The summed E-state index contributed by atoms with van der Waals surface area (Å²) < 4.78 is 0. The van der Waals surface area contributed by atoms with Crippen molar-refractivity contribution in [2.75, 3.05) is 0 Å². The van der Waals surface area contributed by atoms with Gasteiger partial charge in [-0.2, -0.15) is 0 Å². The van der Waals surface area contributed by atoms with Crippen molar-refractivity contribution in [2.45, 2.75) is 0 Å². The standard InChI is InChI=1S/C2H3Cl.Sm/c1-2-3;/h2H,1H2;. The van der Waals surface area contributed by atoms with Gasteiger partial charge in [-0.25, -0.2) is 0 Å². The summed E-state index contributed by atoms with van der Waals surface area (Å²) in [4.78, 5) is 0. The van der Waals surface area contributed by atoms with Gasteiger partial charge in [0.25, 0.3) is 0 Å². The molecule has 0 aromatic carbocycles. The molecule has 0 fully saturated rings. The molecular formula is C2H3ClSm. The normalized spacial score (nSPS) is 3.25. The summed E-state index contributed by atoms with van der Waals surface area (Å²) in [5.41, 5.74) is 1.22. The van der Waals surface area contributed by atoms with Crippen LogP contribution in [0.4, 0.5) is 0 Å². The molecule has 0 nitrogen and oxygen atoms in total. The maximum Gasteiger partial charge on any atom is 0 e. The molecule has 0 aromatic rings. The third-order valence-corrected chi connectivity index (χ3v) is 0. The van der Waals surface area contributed by atoms with E-state index in [9.17, 15) is 0 Å². The SMILES string of the molecule is C=CCl.[Sm]. The molecule has 0 saturated carbocycles. The van der Waals surface area contributed by atoms with Gasteiger partial charge in [0.15, 0.2) is 0 Å². The van der Waals surface area contributed by atoms with E-state index in [0.717, 1.165) is 0 Å². The van der Waals surface area contributed by atoms with Crippen molar-refractivity contribution in [3.05, 3.63) is 12.1 Å². The van der Waals surface area contributed by atoms with Gasteiger partial charge in [0.1, 0.15) is 0 Å². The maximum atomic E-state index is 4.76. The van der Waals surface area contributed by atoms with Crippen molar-refractivity contribution in [3.8, 4) is 0 Å². The van der Waals surface area contributed by atoms with Crippen LogP contribution in [0.2, 0.25) is 0 Å². The second-order valence-corrected chi connectivity index (χ2v) is 0.463. The van der Waals surface area contributed by atoms with Crippen molar-refractivity contribution in [2.24, 2.45) is 0 Å². The topological polar surface area (TPSA) is 0 Å². The molecule has 0 aliphatic rings. The first kappa shape index (κ1) is 9.03. The van der Waals surface area contributed by atoms with Crippen LogP contribution >= 0.6 is 11.6 Å². The Kier molecular flexibility index (Phi) is 19.9. The number of hydrogen-bond acceptors (Lipinski definition) is 0. The molecule has 0 aliphatic heterocycles. The largest absolute Gasteiger partial charge is 0.0936 e. The predicted molar refractivity (Wildman–Crippen MR) is 16.1 cm³/mol. The minimum absolute atomic E-state index is 0. The average molecular weight is 213 g/mol. The third kappa shape index (κ3) is 10.1. The fourth-order valence-electron chi connectivity index (χ4n) is 0. The van der Waals surface area contributed by atoms with Crippen LogP contribution in [0.15, 0.2) is 12.1 Å². The smallest absolute Gasteiger partial charge is 0 e. The van der Waals surface area contributed by atoms with Gasteiger partial charge in [-0.15, -0.1) is 0 Å². The van der Waals surface area contributed by atoms with Gasteiger partial charge in [0.05, 0.1) is 0 Å². The maximum absolute atomic E-state index is 4.76. The summed E-state index contributed by atoms with van der Waals surface area (Å²) in [5.74, 6) is 0. The zero-order valence-electron chi connectivity index (χ0n) is 2.07. The molecule has 0 aliphatic carbocycles. The molecule has 0 rings (SSSR count). The molecule has 0 radical (unpaired) electrons. The van der Waals surface area contributed by atoms with Crippen molar-refractivity contribution in [1.82, 2.24) is 0 Å². The van der Waals surface area contributed by atoms with Crippen LogP contribution in [-0.4, -0.2) is 0 Å². The first-order chi connectivity index (χ1) is 1.41. The molecule has 0 amide bonds. The molecule has 0 atom stereocenters. The predicted octanol–water partition coefficient (Wildman–Crippen LogP) is 1.37. The minimum atomic E-state index is 0. The van der Waals surface area contributed by atoms with Crippen LogP contribution < -0.4 is 0 Å². The van der Waals surface area contributed by atoms with E-state index in [1.54, 1.807) is 0 Å². The van der Waals surface area contributed by atoms with Crippen molar-refractivity contribution in [1.29, 1.82) is 0 Å². The molecule has 2 heteroatoms. The molecule has 0 N–H and O–H groups in total. The average Bonchev–Trinajstić information content (AvgIpc) is 0.918. The molecule has 0 aromatic heterocycles. The fraction of sp³-hybridized carbons (Fsp3) is 0. The van der Waals surface area contributed by atoms with E-state index in [4.69, 9.17) is 11.6 Å². The zero-order chi connectivity index (χ0) is 2.71. The Morgan fingerprint density at radius 3 is 1.75 bits per heavy atom. The molecule has 0 spiro atoms. The molecular weight excluding hydrogens is 210 g/mol. The van der Waals surface area contributed by atoms with E-state index in [0.29, 0.717) is 0 Å². The number of rotatable bonds is 0. The summed E-state index contributed by atoms with van der Waals surface area (Å²) in [6.45, 7) is 3.13. The summed E-state index contributed by atoms with van der Waals surface area (Å²) in [7, 11) is 0. The quantitative estimate of drug-likeness (QED) is 0.569. The number of halogens is 1. The Hall–Kier alpha value is 1.37. The van der Waals surface area contributed by atoms with E-state index in [-0.39, 0.29) is 40.4 Å². The van der Waals surface area contributed by atoms with Gasteiger partial charge >= 0.3 is 0 Å². The fourth-order valence-corrected chi connectivity index (χ4v) is 0. The van der Waals surface area contributed by atoms with Crippen LogP contribution in [0.5, 0.6) is 0 Å². The summed E-state index contributed by atoms with van der Waals surface area (Å²) >= 11 is 4.76. The molecule has 24 valence electrons. The minimum Gasteiger partial charge on any atom is -0.0936 e. The van der Waals surface area contributed by atoms with Gasteiger partial charge in [-0.05, 0) is 5.54 Å². The van der Waals surface area contributed by atoms with Gasteiger partial charge in [0, 0.05) is 40.4 Å². The van der Waals surface area contributed by atoms with E-state index in [1.807, 2.05) is 0 Å². The number of hydrogen-bond donors (Lipinski definition) is 0. The summed E-state index contributed by atoms with van der Waals surface area (Å²) in [6, 6.07) is 0. The third-order valence-electron chi connectivity index (χ3n) is 0. The molecule has 0 heterocycles. The summed E-state index contributed by atoms with van der Waals surface area (Å²) in [6.07, 6.45) is 0. The van der Waals surface area contributed by atoms with E-state index in [2.05, 4.69) is 6.58 Å². The van der Waals surface area contributed by atoms with E-state index in [1.165, 1.54) is 5.54 Å². The van der Waals surface area contributed by atoms with Crippen LogP contribution in [0.25, 0.3) is 0 Å². The Morgan fingerprint density at radius 2 is 1.75 bits per heavy atom. The zero-order valence-corrected chi connectivity index (χ0v) is 5.45. The monoisotopic (exact) mass is 214 g/mol. The second kappa shape index (κ2) is 8.84. The van der Waals surface area contributed by atoms with Crippen LogP contribution in [-0.2, 0) is 0 Å². The Balaban J connectivity index is 0. The second-order valence-electron chi connectivity index (χ2n) is 0.154. The summed E-state index contributed by atoms with van der Waals surface area (Å²) in [5, 5.41) is 0. The first-order valence-corrected chi connectivity index (χ1v) is 1.06. The molecule has 0 bridgehead atoms. The first-order valence-electron chi connectivity index (χ1n) is 0.626. The van der Waals surface area contributed by atoms with Crippen LogP contribution in [0, 0.1) is 40.4 Å². The van der Waals surface area contributed by atoms with E-state index >= 15 is 0 Å². The Labute approximate surface area is 63.3 Å². The van der Waals surface area contributed by atoms with Gasteiger partial charge < -0.3 is 0 Å². The Morgan fingerprint density at radius 1 is 1.75 bits per heavy atom. The van der Waals surface area contributed by atoms with Crippen molar-refractivity contribution in [3.63, 3.8) is 0 Å². The van der Waals surface area contributed by atoms with Gasteiger partial charge in [-0.1, -0.05) is 18.2 Å². The molecule has 0 unspecified atom stereocenters. The van der Waals surface area contributed by atoms with Crippen molar-refractivity contribution < 1.29 is 40.4 Å². The molecule has 4 heavy (non-hydrogen) atoms.